The lowest BCUT2D eigenvalue weighted by Gasteiger charge is -1.92. The van der Waals surface area contributed by atoms with Crippen LogP contribution in [0.3, 0.4) is 0 Å². The molecule has 2 rings (SSSR count). The van der Waals surface area contributed by atoms with Gasteiger partial charge in [-0.15, -0.1) is 11.3 Å². The third kappa shape index (κ3) is 0.754. The fraction of sp³-hybridized carbons (Fsp3) is 0. The van der Waals surface area contributed by atoms with Crippen LogP contribution in [0.1, 0.15) is 0 Å². The zero-order valence-electron chi connectivity index (χ0n) is 4.80. The average Bonchev–Trinajstić information content (AvgIpc) is 2.59. The Morgan fingerprint density at radius 2 is 2.60 bits per heavy atom. The third-order valence-electron chi connectivity index (χ3n) is 0.904. The fourth-order valence-corrected chi connectivity index (χ4v) is 1.08. The Balaban J connectivity index is 2.29. The lowest BCUT2D eigenvalue weighted by atomic mass is 11.0. The quantitative estimate of drug-likeness (QED) is 0.567. The zero-order valence-corrected chi connectivity index (χ0v) is 5.62. The topological polar surface area (TPSA) is 53.2 Å². The van der Waals surface area contributed by atoms with Crippen molar-refractivity contribution in [3.8, 4) is 0 Å². The van der Waals surface area contributed by atoms with Gasteiger partial charge in [-0.25, -0.2) is 4.98 Å². The van der Waals surface area contributed by atoms with Gasteiger partial charge < -0.3 is 0 Å². The standard InChI is InChI=1S/C4H2N5S/c1-2-10-4(5-1)9-7-3-6-8-9/h1-2H/q+1. The minimum Gasteiger partial charge on any atom is -0.225 e. The first kappa shape index (κ1) is 5.40. The molecule has 0 spiro atoms. The molecule has 0 atom stereocenters. The van der Waals surface area contributed by atoms with Crippen LogP contribution in [0, 0.1) is 0 Å². The van der Waals surface area contributed by atoms with Gasteiger partial charge in [0.25, 0.3) is 0 Å². The van der Waals surface area contributed by atoms with Crippen molar-refractivity contribution >= 4 is 22.8 Å². The molecule has 0 N–H and O–H groups in total. The minimum absolute atomic E-state index is 0.703. The molecule has 0 radical (unpaired) electrons. The Labute approximate surface area is 60.7 Å². The van der Waals surface area contributed by atoms with E-state index in [1.165, 1.54) is 16.5 Å². The maximum atomic E-state index is 3.96. The molecule has 0 aliphatic carbocycles. The van der Waals surface area contributed by atoms with E-state index < -0.39 is 0 Å². The molecule has 0 saturated carbocycles. The molecule has 1 aliphatic rings. The molecule has 6 heteroatoms. The van der Waals surface area contributed by atoms with Gasteiger partial charge in [-0.3, -0.25) is 0 Å². The highest BCUT2D eigenvalue weighted by atomic mass is 32.1. The summed E-state index contributed by atoms with van der Waals surface area (Å²) in [6.45, 7) is 0. The smallest absolute Gasteiger partial charge is 0.225 e. The molecule has 1 aromatic heterocycles. The molecule has 0 aromatic carbocycles. The highest BCUT2D eigenvalue weighted by Crippen LogP contribution is 2.19. The average molecular weight is 152 g/mol. The molecule has 2 heterocycles. The van der Waals surface area contributed by atoms with Crippen molar-refractivity contribution in [2.75, 3.05) is 5.12 Å². The van der Waals surface area contributed by atoms with Crippen LogP contribution >= 0.6 is 11.3 Å². The Bertz CT molecular complexity index is 251. The first-order valence-electron chi connectivity index (χ1n) is 2.53. The molecular weight excluding hydrogens is 150 g/mol. The number of anilines is 1. The largest absolute Gasteiger partial charge is 0.599 e. The maximum Gasteiger partial charge on any atom is 0.599 e. The van der Waals surface area contributed by atoms with Gasteiger partial charge in [0.2, 0.25) is 5.13 Å². The van der Waals surface area contributed by atoms with E-state index in [2.05, 4.69) is 26.8 Å². The van der Waals surface area contributed by atoms with Crippen molar-refractivity contribution < 1.29 is 0 Å². The van der Waals surface area contributed by atoms with E-state index in [9.17, 15) is 0 Å². The van der Waals surface area contributed by atoms with E-state index >= 15 is 0 Å². The first-order chi connectivity index (χ1) is 4.97. The predicted octanol–water partition coefficient (Wildman–Crippen LogP) is 1.15. The van der Waals surface area contributed by atoms with Gasteiger partial charge in [0, 0.05) is 16.8 Å². The SMILES string of the molecule is [C+]1=NN(c2nccs2)N=N1. The predicted molar refractivity (Wildman–Crippen MR) is 36.9 cm³/mol. The van der Waals surface area contributed by atoms with Crippen molar-refractivity contribution in [1.29, 1.82) is 0 Å². The number of nitrogens with zero attached hydrogens (tertiary/aromatic N) is 5. The number of hydrogen-bond donors (Lipinski definition) is 0. The Kier molecular flexibility index (Phi) is 1.13. The van der Waals surface area contributed by atoms with Crippen LogP contribution in [0.25, 0.3) is 0 Å². The second-order valence-electron chi connectivity index (χ2n) is 1.49. The summed E-state index contributed by atoms with van der Waals surface area (Å²) in [5.74, 6) is 0. The molecule has 10 heavy (non-hydrogen) atoms. The van der Waals surface area contributed by atoms with Crippen LogP contribution in [-0.2, 0) is 0 Å². The summed E-state index contributed by atoms with van der Waals surface area (Å²) in [6, 6.07) is 0. The summed E-state index contributed by atoms with van der Waals surface area (Å²) in [7, 11) is 0. The normalized spacial score (nSPS) is 14.2. The van der Waals surface area contributed by atoms with E-state index in [0.717, 1.165) is 0 Å². The molecular formula is C4H2N5S+. The van der Waals surface area contributed by atoms with Gasteiger partial charge in [0.15, 0.2) is 5.11 Å². The van der Waals surface area contributed by atoms with E-state index in [1.807, 2.05) is 5.38 Å². The van der Waals surface area contributed by atoms with E-state index in [4.69, 9.17) is 0 Å². The molecule has 0 amide bonds. The summed E-state index contributed by atoms with van der Waals surface area (Å²) in [5.41, 5.74) is 0. The highest BCUT2D eigenvalue weighted by Gasteiger charge is 2.18. The molecule has 0 fully saturated rings. The van der Waals surface area contributed by atoms with Crippen molar-refractivity contribution in [1.82, 2.24) is 4.98 Å². The van der Waals surface area contributed by atoms with Crippen LogP contribution in [0.2, 0.25) is 0 Å². The first-order valence-corrected chi connectivity index (χ1v) is 3.41. The molecule has 48 valence electrons. The van der Waals surface area contributed by atoms with E-state index in [1.54, 1.807) is 6.20 Å². The molecule has 1 aromatic rings. The van der Waals surface area contributed by atoms with Crippen LogP contribution in [0.5, 0.6) is 0 Å². The summed E-state index contributed by atoms with van der Waals surface area (Å²) >= 11 is 1.45. The van der Waals surface area contributed by atoms with Gasteiger partial charge in [0.1, 0.15) is 5.10 Å². The molecule has 0 unspecified atom stereocenters. The summed E-state index contributed by atoms with van der Waals surface area (Å²) in [5, 5.41) is 14.6. The van der Waals surface area contributed by atoms with Gasteiger partial charge >= 0.3 is 6.34 Å². The molecule has 0 bridgehead atoms. The number of hydrazone groups is 1. The Hall–Kier alpha value is -1.39. The van der Waals surface area contributed by atoms with Crippen molar-refractivity contribution in [2.24, 2.45) is 15.4 Å². The summed E-state index contributed by atoms with van der Waals surface area (Å²) < 4.78 is 0. The lowest BCUT2D eigenvalue weighted by molar-refractivity contribution is 0.906. The van der Waals surface area contributed by atoms with Gasteiger partial charge in [-0.2, -0.15) is 0 Å². The number of rotatable bonds is 1. The Morgan fingerprint density at radius 1 is 1.60 bits per heavy atom. The van der Waals surface area contributed by atoms with Crippen molar-refractivity contribution in [3.05, 3.63) is 11.6 Å². The van der Waals surface area contributed by atoms with E-state index in [-0.39, 0.29) is 0 Å². The second kappa shape index (κ2) is 2.09. The number of aromatic nitrogens is 1. The minimum atomic E-state index is 0.703. The van der Waals surface area contributed by atoms with Crippen LogP contribution in [0.4, 0.5) is 5.13 Å². The fourth-order valence-electron chi connectivity index (χ4n) is 0.540. The van der Waals surface area contributed by atoms with Gasteiger partial charge in [-0.05, 0) is 0 Å². The number of hydrogen-bond acceptors (Lipinski definition) is 6. The number of thiazole rings is 1. The summed E-state index contributed by atoms with van der Waals surface area (Å²) in [4.78, 5) is 3.96. The van der Waals surface area contributed by atoms with Crippen LogP contribution in [-0.4, -0.2) is 11.3 Å². The summed E-state index contributed by atoms with van der Waals surface area (Å²) in [6.07, 6.45) is 4.02. The van der Waals surface area contributed by atoms with Crippen molar-refractivity contribution in [3.63, 3.8) is 0 Å². The zero-order chi connectivity index (χ0) is 6.81. The highest BCUT2D eigenvalue weighted by molar-refractivity contribution is 7.13. The Morgan fingerprint density at radius 3 is 3.20 bits per heavy atom. The van der Waals surface area contributed by atoms with Gasteiger partial charge in [0.05, 0.1) is 0 Å². The molecule has 1 aliphatic heterocycles. The third-order valence-corrected chi connectivity index (χ3v) is 1.64. The second-order valence-corrected chi connectivity index (χ2v) is 2.37. The lowest BCUT2D eigenvalue weighted by Crippen LogP contribution is -2.01. The van der Waals surface area contributed by atoms with Crippen LogP contribution in [0.15, 0.2) is 27.0 Å². The monoisotopic (exact) mass is 152 g/mol. The van der Waals surface area contributed by atoms with Crippen LogP contribution < -0.4 is 5.12 Å². The van der Waals surface area contributed by atoms with E-state index in [0.29, 0.717) is 5.13 Å². The van der Waals surface area contributed by atoms with Crippen molar-refractivity contribution in [2.45, 2.75) is 0 Å². The molecule has 0 saturated heterocycles. The molecule has 5 nitrogen and oxygen atoms in total. The van der Waals surface area contributed by atoms with Gasteiger partial charge in [-0.1, -0.05) is 5.12 Å². The maximum absolute atomic E-state index is 3.96.